The summed E-state index contributed by atoms with van der Waals surface area (Å²) in [6.07, 6.45) is 4.30. The van der Waals surface area contributed by atoms with E-state index >= 15 is 0 Å². The molecule has 5 nitrogen and oxygen atoms in total. The number of hydrogen-bond acceptors (Lipinski definition) is 3. The van der Waals surface area contributed by atoms with E-state index < -0.39 is 0 Å². The van der Waals surface area contributed by atoms with Gasteiger partial charge in [-0.25, -0.2) is 0 Å². The first-order valence-corrected chi connectivity index (χ1v) is 7.65. The van der Waals surface area contributed by atoms with E-state index in [0.717, 1.165) is 49.5 Å². The lowest BCUT2D eigenvalue weighted by Gasteiger charge is -2.16. The van der Waals surface area contributed by atoms with Gasteiger partial charge in [-0.3, -0.25) is 9.89 Å². The Morgan fingerprint density at radius 2 is 2.10 bits per heavy atom. The quantitative estimate of drug-likeness (QED) is 0.755. The van der Waals surface area contributed by atoms with Crippen LogP contribution in [0.15, 0.2) is 0 Å². The van der Waals surface area contributed by atoms with E-state index in [0.29, 0.717) is 5.69 Å². The van der Waals surface area contributed by atoms with E-state index in [1.165, 1.54) is 6.42 Å². The summed E-state index contributed by atoms with van der Waals surface area (Å²) in [6, 6.07) is 0.199. The topological polar surface area (TPSA) is 69.8 Å². The predicted molar refractivity (Wildman–Crippen MR) is 86.9 cm³/mol. The number of H-pyrrole nitrogens is 1. The molecule has 1 amide bonds. The molecule has 1 atom stereocenters. The second-order valence-corrected chi connectivity index (χ2v) is 6.16. The fraction of sp³-hybridized carbons (Fsp3) is 0.733. The fourth-order valence-electron chi connectivity index (χ4n) is 2.61. The molecule has 2 rings (SSSR count). The Labute approximate surface area is 133 Å². The van der Waals surface area contributed by atoms with Crippen molar-refractivity contribution >= 4 is 18.3 Å². The number of fused-ring (bicyclic) bond motifs is 1. The number of aromatic nitrogens is 2. The normalized spacial score (nSPS) is 15.2. The molecule has 1 aromatic rings. The van der Waals surface area contributed by atoms with Gasteiger partial charge in [-0.1, -0.05) is 26.7 Å². The van der Waals surface area contributed by atoms with Gasteiger partial charge in [-0.05, 0) is 19.3 Å². The Hall–Kier alpha value is -1.07. The van der Waals surface area contributed by atoms with Crippen molar-refractivity contribution in [2.45, 2.75) is 59.0 Å². The third kappa shape index (κ3) is 5.00. The van der Waals surface area contributed by atoms with Gasteiger partial charge in [-0.2, -0.15) is 5.10 Å². The third-order valence-electron chi connectivity index (χ3n) is 3.82. The minimum Gasteiger partial charge on any atom is -0.348 e. The van der Waals surface area contributed by atoms with Crippen molar-refractivity contribution in [2.24, 2.45) is 5.92 Å². The molecular weight excluding hydrogens is 288 g/mol. The standard InChI is InChI=1S/C15H26N4O.ClH/c1-10(2)5-4-6-11(3)17-15(20)14-12-9-16-8-7-13(12)18-19-14;/h10-11,16H,4-9H2,1-3H3,(H,17,20)(H,18,19);1H. The molecule has 1 aromatic heterocycles. The molecule has 0 saturated carbocycles. The van der Waals surface area contributed by atoms with Gasteiger partial charge >= 0.3 is 0 Å². The lowest BCUT2D eigenvalue weighted by molar-refractivity contribution is 0.0931. The zero-order chi connectivity index (χ0) is 14.5. The van der Waals surface area contributed by atoms with Crippen LogP contribution in [-0.4, -0.2) is 28.7 Å². The highest BCUT2D eigenvalue weighted by molar-refractivity contribution is 5.94. The van der Waals surface area contributed by atoms with Crippen LogP contribution in [0.4, 0.5) is 0 Å². The van der Waals surface area contributed by atoms with Crippen molar-refractivity contribution in [2.75, 3.05) is 6.54 Å². The van der Waals surface area contributed by atoms with Crippen LogP contribution in [-0.2, 0) is 13.0 Å². The summed E-state index contributed by atoms with van der Waals surface area (Å²) in [5, 5.41) is 13.5. The van der Waals surface area contributed by atoms with Gasteiger partial charge in [0.15, 0.2) is 5.69 Å². The number of nitrogens with one attached hydrogen (secondary N) is 3. The lowest BCUT2D eigenvalue weighted by Crippen LogP contribution is -2.34. The molecule has 21 heavy (non-hydrogen) atoms. The fourth-order valence-corrected chi connectivity index (χ4v) is 2.61. The molecule has 3 N–H and O–H groups in total. The largest absolute Gasteiger partial charge is 0.348 e. The van der Waals surface area contributed by atoms with Gasteiger partial charge in [0, 0.05) is 36.8 Å². The van der Waals surface area contributed by atoms with Gasteiger partial charge < -0.3 is 10.6 Å². The lowest BCUT2D eigenvalue weighted by atomic mass is 10.0. The van der Waals surface area contributed by atoms with E-state index in [4.69, 9.17) is 0 Å². The van der Waals surface area contributed by atoms with Crippen LogP contribution < -0.4 is 10.6 Å². The smallest absolute Gasteiger partial charge is 0.272 e. The molecule has 0 spiro atoms. The van der Waals surface area contributed by atoms with E-state index in [2.05, 4.69) is 41.6 Å². The van der Waals surface area contributed by atoms with Gasteiger partial charge in [0.05, 0.1) is 0 Å². The average Bonchev–Trinajstić information content (AvgIpc) is 2.82. The molecule has 2 heterocycles. The van der Waals surface area contributed by atoms with Gasteiger partial charge in [0.2, 0.25) is 0 Å². The van der Waals surface area contributed by atoms with Crippen LogP contribution >= 0.6 is 12.4 Å². The summed E-state index contributed by atoms with van der Waals surface area (Å²) < 4.78 is 0. The molecule has 0 aliphatic carbocycles. The second-order valence-electron chi connectivity index (χ2n) is 6.16. The number of carbonyl (C=O) groups is 1. The van der Waals surface area contributed by atoms with Gasteiger partial charge in [0.25, 0.3) is 5.91 Å². The third-order valence-corrected chi connectivity index (χ3v) is 3.82. The Morgan fingerprint density at radius 3 is 2.81 bits per heavy atom. The van der Waals surface area contributed by atoms with Crippen LogP contribution in [0, 0.1) is 5.92 Å². The Bertz CT molecular complexity index is 459. The van der Waals surface area contributed by atoms with Crippen molar-refractivity contribution in [1.29, 1.82) is 0 Å². The number of halogens is 1. The Balaban J connectivity index is 0.00000220. The van der Waals surface area contributed by atoms with E-state index in [-0.39, 0.29) is 24.4 Å². The SMILES string of the molecule is CC(C)CCCC(C)NC(=O)c1n[nH]c2c1CNCC2.Cl. The molecular formula is C15H27ClN4O. The average molecular weight is 315 g/mol. The molecule has 1 aliphatic heterocycles. The zero-order valence-corrected chi connectivity index (χ0v) is 14.0. The van der Waals surface area contributed by atoms with Crippen LogP contribution in [0.25, 0.3) is 0 Å². The summed E-state index contributed by atoms with van der Waals surface area (Å²) in [5.74, 6) is 0.672. The zero-order valence-electron chi connectivity index (χ0n) is 13.2. The molecule has 1 unspecified atom stereocenters. The molecule has 6 heteroatoms. The molecule has 0 fully saturated rings. The number of nitrogens with zero attached hydrogens (tertiary/aromatic N) is 1. The maximum Gasteiger partial charge on any atom is 0.272 e. The first-order valence-electron chi connectivity index (χ1n) is 7.65. The van der Waals surface area contributed by atoms with Crippen LogP contribution in [0.5, 0.6) is 0 Å². The summed E-state index contributed by atoms with van der Waals surface area (Å²) in [5.41, 5.74) is 2.69. The van der Waals surface area contributed by atoms with Crippen LogP contribution in [0.1, 0.15) is 61.8 Å². The number of aromatic amines is 1. The number of hydrogen-bond donors (Lipinski definition) is 3. The van der Waals surface area contributed by atoms with Crippen molar-refractivity contribution < 1.29 is 4.79 Å². The summed E-state index contributed by atoms with van der Waals surface area (Å²) in [6.45, 7) is 8.20. The monoisotopic (exact) mass is 314 g/mol. The maximum absolute atomic E-state index is 12.3. The minimum atomic E-state index is -0.0525. The molecule has 0 bridgehead atoms. The Morgan fingerprint density at radius 1 is 1.33 bits per heavy atom. The van der Waals surface area contributed by atoms with E-state index in [1.54, 1.807) is 0 Å². The number of rotatable bonds is 6. The number of amides is 1. The molecule has 0 saturated heterocycles. The number of carbonyl (C=O) groups excluding carboxylic acids is 1. The van der Waals surface area contributed by atoms with Gasteiger partial charge in [-0.15, -0.1) is 12.4 Å². The van der Waals surface area contributed by atoms with Crippen LogP contribution in [0.2, 0.25) is 0 Å². The molecule has 120 valence electrons. The predicted octanol–water partition coefficient (Wildman–Crippen LogP) is 2.42. The minimum absolute atomic E-state index is 0. The van der Waals surface area contributed by atoms with E-state index in [1.807, 2.05) is 0 Å². The second kappa shape index (κ2) is 8.39. The highest BCUT2D eigenvalue weighted by Gasteiger charge is 2.22. The van der Waals surface area contributed by atoms with E-state index in [9.17, 15) is 4.79 Å². The maximum atomic E-state index is 12.3. The Kier molecular flexibility index (Phi) is 7.18. The van der Waals surface area contributed by atoms with Crippen molar-refractivity contribution in [3.05, 3.63) is 17.0 Å². The molecule has 0 aromatic carbocycles. The summed E-state index contributed by atoms with van der Waals surface area (Å²) in [7, 11) is 0. The van der Waals surface area contributed by atoms with Crippen molar-refractivity contribution in [3.8, 4) is 0 Å². The first-order chi connectivity index (χ1) is 9.58. The van der Waals surface area contributed by atoms with Gasteiger partial charge in [0.1, 0.15) is 0 Å². The summed E-state index contributed by atoms with van der Waals surface area (Å²) in [4.78, 5) is 12.3. The van der Waals surface area contributed by atoms with Crippen molar-refractivity contribution in [3.63, 3.8) is 0 Å². The highest BCUT2D eigenvalue weighted by atomic mass is 35.5. The van der Waals surface area contributed by atoms with Crippen molar-refractivity contribution in [1.82, 2.24) is 20.8 Å². The highest BCUT2D eigenvalue weighted by Crippen LogP contribution is 2.15. The first kappa shape index (κ1) is 18.0. The van der Waals surface area contributed by atoms with Crippen LogP contribution in [0.3, 0.4) is 0 Å². The molecule has 1 aliphatic rings. The molecule has 0 radical (unpaired) electrons. The summed E-state index contributed by atoms with van der Waals surface area (Å²) >= 11 is 0.